The van der Waals surface area contributed by atoms with Crippen LogP contribution in [-0.4, -0.2) is 63.2 Å². The second-order valence-electron chi connectivity index (χ2n) is 9.93. The number of aromatic amines is 1. The van der Waals surface area contributed by atoms with Crippen LogP contribution in [0.4, 0.5) is 19.7 Å². The van der Waals surface area contributed by atoms with Gasteiger partial charge in [0.25, 0.3) is 5.91 Å². The number of nitrogens with zero attached hydrogens (tertiary/aromatic N) is 2. The van der Waals surface area contributed by atoms with Crippen LogP contribution in [0.1, 0.15) is 41.5 Å². The summed E-state index contributed by atoms with van der Waals surface area (Å²) in [6.45, 7) is 2.02. The van der Waals surface area contributed by atoms with E-state index in [1.165, 1.54) is 29.2 Å². The average molecular weight is 605 g/mol. The number of ether oxygens (including phenoxy) is 1. The SMILES string of the molecule is CCCCOC(=O)N[C@@H](CNC(=O)c1ccc(CN(Cc2nc3ccccc3[nH]2)C(=O)Nc2ccc(F)cc2)cc1)C(=O)O. The van der Waals surface area contributed by atoms with Gasteiger partial charge in [-0.2, -0.15) is 0 Å². The number of carboxylic acids is 1. The summed E-state index contributed by atoms with van der Waals surface area (Å²) in [6, 6.07) is 17.5. The minimum Gasteiger partial charge on any atom is -0.480 e. The van der Waals surface area contributed by atoms with E-state index in [0.717, 1.165) is 17.5 Å². The van der Waals surface area contributed by atoms with Crippen LogP contribution in [0.2, 0.25) is 0 Å². The molecule has 0 saturated heterocycles. The highest BCUT2D eigenvalue weighted by Crippen LogP contribution is 2.17. The van der Waals surface area contributed by atoms with E-state index in [1.807, 2.05) is 31.2 Å². The number of H-pyrrole nitrogens is 1. The lowest BCUT2D eigenvalue weighted by atomic mass is 10.1. The van der Waals surface area contributed by atoms with E-state index in [2.05, 4.69) is 25.9 Å². The molecular weight excluding hydrogens is 571 g/mol. The fourth-order valence-corrected chi connectivity index (χ4v) is 4.17. The lowest BCUT2D eigenvalue weighted by Crippen LogP contribution is -2.48. The predicted molar refractivity (Wildman–Crippen MR) is 160 cm³/mol. The Balaban J connectivity index is 1.41. The van der Waals surface area contributed by atoms with Gasteiger partial charge in [0.1, 0.15) is 17.7 Å². The molecule has 230 valence electrons. The quantitative estimate of drug-likeness (QED) is 0.139. The monoisotopic (exact) mass is 604 g/mol. The standard InChI is InChI=1S/C31H33FN6O6/c1-2-3-16-44-31(43)37-26(29(40)41)17-33-28(39)21-10-8-20(9-11-21)18-38(30(42)34-23-14-12-22(32)13-15-23)19-27-35-24-6-4-5-7-25(24)36-27/h4-15,26H,2-3,16-19H2,1H3,(H,33,39)(H,34,42)(H,35,36)(H,37,43)(H,40,41)/t26-/m0/s1. The lowest BCUT2D eigenvalue weighted by Gasteiger charge is -2.22. The molecule has 0 saturated carbocycles. The van der Waals surface area contributed by atoms with Gasteiger partial charge in [0, 0.05) is 24.3 Å². The molecule has 0 fully saturated rings. The number of anilines is 1. The van der Waals surface area contributed by atoms with E-state index < -0.39 is 35.9 Å². The van der Waals surface area contributed by atoms with E-state index in [1.54, 1.807) is 24.3 Å². The third-order valence-electron chi connectivity index (χ3n) is 6.54. The number of hydrogen-bond acceptors (Lipinski definition) is 6. The highest BCUT2D eigenvalue weighted by molar-refractivity contribution is 5.94. The second kappa shape index (κ2) is 15.1. The summed E-state index contributed by atoms with van der Waals surface area (Å²) >= 11 is 0. The molecule has 4 rings (SSSR count). The van der Waals surface area contributed by atoms with E-state index in [0.29, 0.717) is 23.5 Å². The Hall–Kier alpha value is -5.46. The van der Waals surface area contributed by atoms with Crippen LogP contribution in [0, 0.1) is 5.82 Å². The van der Waals surface area contributed by atoms with Crippen molar-refractivity contribution < 1.29 is 33.4 Å². The minimum absolute atomic E-state index is 0.133. The number of nitrogens with one attached hydrogen (secondary N) is 4. The topological polar surface area (TPSA) is 166 Å². The molecule has 1 heterocycles. The highest BCUT2D eigenvalue weighted by atomic mass is 19.1. The number of amides is 4. The zero-order chi connectivity index (χ0) is 31.5. The van der Waals surface area contributed by atoms with Crippen molar-refractivity contribution in [3.05, 3.63) is 95.6 Å². The first-order chi connectivity index (χ1) is 21.2. The summed E-state index contributed by atoms with van der Waals surface area (Å²) in [5, 5.41) is 16.9. The summed E-state index contributed by atoms with van der Waals surface area (Å²) in [5.74, 6) is -1.73. The second-order valence-corrected chi connectivity index (χ2v) is 9.93. The number of halogens is 1. The molecule has 1 atom stereocenters. The minimum atomic E-state index is -1.38. The molecule has 44 heavy (non-hydrogen) atoms. The Morgan fingerprint density at radius 3 is 2.41 bits per heavy atom. The molecular formula is C31H33FN6O6. The van der Waals surface area contributed by atoms with Crippen molar-refractivity contribution in [2.24, 2.45) is 0 Å². The number of urea groups is 1. The van der Waals surface area contributed by atoms with Gasteiger partial charge in [0.2, 0.25) is 0 Å². The van der Waals surface area contributed by atoms with Crippen molar-refractivity contribution in [2.75, 3.05) is 18.5 Å². The molecule has 0 bridgehead atoms. The molecule has 3 aromatic carbocycles. The van der Waals surface area contributed by atoms with E-state index >= 15 is 0 Å². The average Bonchev–Trinajstić information content (AvgIpc) is 3.43. The number of carbonyl (C=O) groups is 4. The van der Waals surface area contributed by atoms with Crippen molar-refractivity contribution >= 4 is 40.7 Å². The van der Waals surface area contributed by atoms with Gasteiger partial charge in [-0.3, -0.25) is 4.79 Å². The van der Waals surface area contributed by atoms with Crippen molar-refractivity contribution in [2.45, 2.75) is 38.9 Å². The number of fused-ring (bicyclic) bond motifs is 1. The number of para-hydroxylation sites is 2. The Kier molecular flexibility index (Phi) is 10.8. The first-order valence-corrected chi connectivity index (χ1v) is 14.0. The Morgan fingerprint density at radius 2 is 1.73 bits per heavy atom. The molecule has 0 radical (unpaired) electrons. The number of carbonyl (C=O) groups excluding carboxylic acids is 3. The Morgan fingerprint density at radius 1 is 1.00 bits per heavy atom. The van der Waals surface area contributed by atoms with E-state index in [9.17, 15) is 28.7 Å². The summed E-state index contributed by atoms with van der Waals surface area (Å²) in [7, 11) is 0. The van der Waals surface area contributed by atoms with Gasteiger partial charge in [-0.25, -0.2) is 23.8 Å². The zero-order valence-electron chi connectivity index (χ0n) is 24.0. The molecule has 4 aromatic rings. The molecule has 0 spiro atoms. The summed E-state index contributed by atoms with van der Waals surface area (Å²) in [6.07, 6.45) is 0.585. The van der Waals surface area contributed by atoms with Crippen LogP contribution < -0.4 is 16.0 Å². The van der Waals surface area contributed by atoms with Crippen molar-refractivity contribution in [3.8, 4) is 0 Å². The van der Waals surface area contributed by atoms with Crippen LogP contribution >= 0.6 is 0 Å². The van der Waals surface area contributed by atoms with Gasteiger partial charge in [-0.1, -0.05) is 37.6 Å². The first-order valence-electron chi connectivity index (χ1n) is 14.0. The van der Waals surface area contributed by atoms with E-state index in [-0.39, 0.29) is 31.8 Å². The molecule has 0 unspecified atom stereocenters. The predicted octanol–water partition coefficient (Wildman–Crippen LogP) is 4.65. The number of rotatable bonds is 13. The smallest absolute Gasteiger partial charge is 0.407 e. The van der Waals surface area contributed by atoms with Gasteiger partial charge in [0.15, 0.2) is 0 Å². The molecule has 4 amide bonds. The summed E-state index contributed by atoms with van der Waals surface area (Å²) in [5.41, 5.74) is 2.95. The van der Waals surface area contributed by atoms with Gasteiger partial charge >= 0.3 is 18.1 Å². The third-order valence-corrected chi connectivity index (χ3v) is 6.54. The molecule has 13 heteroatoms. The van der Waals surface area contributed by atoms with Crippen LogP contribution in [0.25, 0.3) is 11.0 Å². The maximum Gasteiger partial charge on any atom is 0.407 e. The Labute approximate surface area is 252 Å². The van der Waals surface area contributed by atoms with Gasteiger partial charge in [0.05, 0.1) is 24.2 Å². The maximum atomic E-state index is 13.4. The molecule has 1 aromatic heterocycles. The van der Waals surface area contributed by atoms with Crippen LogP contribution in [0.5, 0.6) is 0 Å². The van der Waals surface area contributed by atoms with Crippen LogP contribution in [-0.2, 0) is 22.6 Å². The summed E-state index contributed by atoms with van der Waals surface area (Å²) < 4.78 is 18.3. The number of aromatic nitrogens is 2. The number of carboxylic acid groups (broad SMARTS) is 1. The maximum absolute atomic E-state index is 13.4. The van der Waals surface area contributed by atoms with Crippen molar-refractivity contribution in [1.29, 1.82) is 0 Å². The third kappa shape index (κ3) is 9.02. The number of unbranched alkanes of at least 4 members (excludes halogenated alkanes) is 1. The van der Waals surface area contributed by atoms with Crippen molar-refractivity contribution in [1.82, 2.24) is 25.5 Å². The highest BCUT2D eigenvalue weighted by Gasteiger charge is 2.22. The molecule has 0 aliphatic carbocycles. The normalized spacial score (nSPS) is 11.4. The largest absolute Gasteiger partial charge is 0.480 e. The number of hydrogen-bond donors (Lipinski definition) is 5. The number of aliphatic carboxylic acids is 1. The first kappa shape index (κ1) is 31.5. The van der Waals surface area contributed by atoms with Crippen LogP contribution in [0.15, 0.2) is 72.8 Å². The fraction of sp³-hybridized carbons (Fsp3) is 0.258. The number of alkyl carbamates (subject to hydrolysis) is 1. The van der Waals surface area contributed by atoms with Gasteiger partial charge in [-0.05, 0) is 60.5 Å². The molecule has 0 aliphatic rings. The molecule has 5 N–H and O–H groups in total. The number of imidazole rings is 1. The number of benzene rings is 3. The molecule has 0 aliphatic heterocycles. The van der Waals surface area contributed by atoms with Gasteiger partial charge in [-0.15, -0.1) is 0 Å². The van der Waals surface area contributed by atoms with Crippen LogP contribution in [0.3, 0.4) is 0 Å². The lowest BCUT2D eigenvalue weighted by molar-refractivity contribution is -0.139. The fourth-order valence-electron chi connectivity index (χ4n) is 4.17. The van der Waals surface area contributed by atoms with E-state index in [4.69, 9.17) is 4.74 Å². The van der Waals surface area contributed by atoms with Gasteiger partial charge < -0.3 is 35.7 Å². The zero-order valence-corrected chi connectivity index (χ0v) is 24.0. The Bertz CT molecular complexity index is 1560. The summed E-state index contributed by atoms with van der Waals surface area (Å²) in [4.78, 5) is 58.6. The molecule has 12 nitrogen and oxygen atoms in total. The van der Waals surface area contributed by atoms with Crippen molar-refractivity contribution in [3.63, 3.8) is 0 Å².